The quantitative estimate of drug-likeness (QED) is 0.852. The zero-order valence-electron chi connectivity index (χ0n) is 11.2. The van der Waals surface area contributed by atoms with Gasteiger partial charge in [-0.3, -0.25) is 4.98 Å². The van der Waals surface area contributed by atoms with E-state index in [2.05, 4.69) is 31.3 Å². The van der Waals surface area contributed by atoms with Crippen LogP contribution in [0.5, 0.6) is 0 Å². The Morgan fingerprint density at radius 1 is 1.33 bits per heavy atom. The van der Waals surface area contributed by atoms with Crippen LogP contribution in [0, 0.1) is 6.92 Å². The molecule has 3 rings (SSSR count). The molecule has 0 aliphatic carbocycles. The minimum Gasteiger partial charge on any atom is -0.368 e. The van der Waals surface area contributed by atoms with Crippen molar-refractivity contribution in [1.82, 2.24) is 15.4 Å². The highest BCUT2D eigenvalue weighted by Gasteiger charge is 2.27. The van der Waals surface area contributed by atoms with Crippen LogP contribution < -0.4 is 10.4 Å². The Hall–Kier alpha value is -1.63. The maximum absolute atomic E-state index is 10.4. The number of anilines is 1. The topological polar surface area (TPSA) is 61.3 Å². The molecule has 1 aliphatic rings. The van der Waals surface area contributed by atoms with E-state index in [0.717, 1.165) is 21.2 Å². The number of rotatable bonds is 2. The summed E-state index contributed by atoms with van der Waals surface area (Å²) < 4.78 is 0.871. The molecule has 0 saturated heterocycles. The van der Waals surface area contributed by atoms with Crippen LogP contribution in [0.4, 0.5) is 5.82 Å². The maximum Gasteiger partial charge on any atom is 0.175 e. The molecule has 2 aromatic rings. The minimum absolute atomic E-state index is 0. The SMILES string of the molecule is Cc1ccnc(N2NC=C(c3cncc(Br)c3)C2O)c1.Cl. The number of halogens is 2. The third kappa shape index (κ3) is 3.18. The van der Waals surface area contributed by atoms with E-state index >= 15 is 0 Å². The molecule has 1 atom stereocenters. The molecule has 7 heteroatoms. The van der Waals surface area contributed by atoms with Crippen LogP contribution in [0.25, 0.3) is 5.57 Å². The Kier molecular flexibility index (Phi) is 4.82. The van der Waals surface area contributed by atoms with Crippen molar-refractivity contribution in [2.45, 2.75) is 13.2 Å². The summed E-state index contributed by atoms with van der Waals surface area (Å²) in [7, 11) is 0. The zero-order valence-corrected chi connectivity index (χ0v) is 13.6. The Morgan fingerprint density at radius 3 is 2.86 bits per heavy atom. The van der Waals surface area contributed by atoms with Gasteiger partial charge < -0.3 is 10.5 Å². The lowest BCUT2D eigenvalue weighted by molar-refractivity contribution is 0.225. The number of nitrogens with one attached hydrogen (secondary N) is 1. The Labute approximate surface area is 137 Å². The van der Waals surface area contributed by atoms with Gasteiger partial charge in [0.05, 0.1) is 0 Å². The fourth-order valence-electron chi connectivity index (χ4n) is 2.07. The van der Waals surface area contributed by atoms with Crippen molar-refractivity contribution in [1.29, 1.82) is 0 Å². The lowest BCUT2D eigenvalue weighted by Gasteiger charge is -2.23. The van der Waals surface area contributed by atoms with Crippen LogP contribution in [-0.4, -0.2) is 21.3 Å². The highest BCUT2D eigenvalue weighted by molar-refractivity contribution is 9.10. The van der Waals surface area contributed by atoms with Crippen LogP contribution in [-0.2, 0) is 0 Å². The third-order valence-electron chi connectivity index (χ3n) is 3.07. The Bertz CT molecular complexity index is 680. The smallest absolute Gasteiger partial charge is 0.175 e. The Balaban J connectivity index is 0.00000161. The number of aliphatic hydroxyl groups excluding tert-OH is 1. The van der Waals surface area contributed by atoms with E-state index in [4.69, 9.17) is 0 Å². The first-order valence-electron chi connectivity index (χ1n) is 6.12. The summed E-state index contributed by atoms with van der Waals surface area (Å²) in [6.07, 6.45) is 6.10. The van der Waals surface area contributed by atoms with Gasteiger partial charge in [-0.25, -0.2) is 9.99 Å². The summed E-state index contributed by atoms with van der Waals surface area (Å²) >= 11 is 3.38. The van der Waals surface area contributed by atoms with Gasteiger partial charge in [-0.15, -0.1) is 12.4 Å². The van der Waals surface area contributed by atoms with Crippen molar-refractivity contribution in [3.05, 3.63) is 58.6 Å². The van der Waals surface area contributed by atoms with Crippen LogP contribution in [0.2, 0.25) is 0 Å². The molecular formula is C14H14BrClN4O. The number of aliphatic hydroxyl groups is 1. The highest BCUT2D eigenvalue weighted by Crippen LogP contribution is 2.28. The molecule has 0 saturated carbocycles. The first-order chi connectivity index (χ1) is 9.65. The van der Waals surface area contributed by atoms with Gasteiger partial charge in [0, 0.05) is 40.4 Å². The average molecular weight is 370 g/mol. The van der Waals surface area contributed by atoms with Gasteiger partial charge in [0.25, 0.3) is 0 Å². The van der Waals surface area contributed by atoms with E-state index in [-0.39, 0.29) is 12.4 Å². The predicted molar refractivity (Wildman–Crippen MR) is 87.8 cm³/mol. The summed E-state index contributed by atoms with van der Waals surface area (Å²) in [6, 6.07) is 5.74. The number of hydrogen-bond acceptors (Lipinski definition) is 5. The zero-order chi connectivity index (χ0) is 14.1. The first kappa shape index (κ1) is 15.8. The summed E-state index contributed by atoms with van der Waals surface area (Å²) in [4.78, 5) is 8.38. The summed E-state index contributed by atoms with van der Waals surface area (Å²) in [6.45, 7) is 1.99. The van der Waals surface area contributed by atoms with E-state index in [1.807, 2.05) is 25.1 Å². The van der Waals surface area contributed by atoms with Gasteiger partial charge in [0.2, 0.25) is 0 Å². The number of nitrogens with zero attached hydrogens (tertiary/aromatic N) is 3. The molecule has 5 nitrogen and oxygen atoms in total. The normalized spacial score (nSPS) is 17.0. The molecule has 0 radical (unpaired) electrons. The second kappa shape index (κ2) is 6.43. The highest BCUT2D eigenvalue weighted by atomic mass is 79.9. The summed E-state index contributed by atoms with van der Waals surface area (Å²) in [5.74, 6) is 0.673. The molecule has 2 N–H and O–H groups in total. The molecule has 0 spiro atoms. The summed E-state index contributed by atoms with van der Waals surface area (Å²) in [5.41, 5.74) is 5.73. The molecule has 1 aliphatic heterocycles. The molecular weight excluding hydrogens is 356 g/mol. The first-order valence-corrected chi connectivity index (χ1v) is 6.91. The monoisotopic (exact) mass is 368 g/mol. The largest absolute Gasteiger partial charge is 0.368 e. The molecule has 3 heterocycles. The molecule has 0 aromatic carbocycles. The molecule has 1 unspecified atom stereocenters. The van der Waals surface area contributed by atoms with Gasteiger partial charge >= 0.3 is 0 Å². The second-order valence-electron chi connectivity index (χ2n) is 4.56. The van der Waals surface area contributed by atoms with Gasteiger partial charge in [-0.1, -0.05) is 0 Å². The van der Waals surface area contributed by atoms with E-state index in [1.165, 1.54) is 0 Å². The molecule has 0 bridgehead atoms. The van der Waals surface area contributed by atoms with Gasteiger partial charge in [0.1, 0.15) is 5.82 Å². The predicted octanol–water partition coefficient (Wildman–Crippen LogP) is 2.65. The van der Waals surface area contributed by atoms with E-state index in [0.29, 0.717) is 5.82 Å². The van der Waals surface area contributed by atoms with Crippen molar-refractivity contribution in [3.8, 4) is 0 Å². The number of aromatic nitrogens is 2. The van der Waals surface area contributed by atoms with E-state index in [9.17, 15) is 5.11 Å². The van der Waals surface area contributed by atoms with E-state index < -0.39 is 6.23 Å². The van der Waals surface area contributed by atoms with Gasteiger partial charge in [-0.05, 0) is 46.6 Å². The maximum atomic E-state index is 10.4. The fourth-order valence-corrected chi connectivity index (χ4v) is 2.43. The second-order valence-corrected chi connectivity index (χ2v) is 5.47. The van der Waals surface area contributed by atoms with Crippen LogP contribution >= 0.6 is 28.3 Å². The minimum atomic E-state index is -0.805. The average Bonchev–Trinajstić information content (AvgIpc) is 2.80. The molecule has 2 aromatic heterocycles. The van der Waals surface area contributed by atoms with Crippen molar-refractivity contribution >= 4 is 39.7 Å². The Morgan fingerprint density at radius 2 is 2.14 bits per heavy atom. The molecule has 110 valence electrons. The standard InChI is InChI=1S/C14H13BrN4O.ClH/c1-9-2-3-17-13(4-9)19-14(20)12(8-18-19)10-5-11(15)7-16-6-10;/h2-8,14,18,20H,1H3;1H. The molecule has 0 amide bonds. The lowest BCUT2D eigenvalue weighted by Crippen LogP contribution is -2.38. The fraction of sp³-hybridized carbons (Fsp3) is 0.143. The third-order valence-corrected chi connectivity index (χ3v) is 3.50. The van der Waals surface area contributed by atoms with Gasteiger partial charge in [-0.2, -0.15) is 0 Å². The van der Waals surface area contributed by atoms with Crippen molar-refractivity contribution < 1.29 is 5.11 Å². The van der Waals surface area contributed by atoms with Crippen molar-refractivity contribution in [3.63, 3.8) is 0 Å². The van der Waals surface area contributed by atoms with E-state index in [1.54, 1.807) is 29.8 Å². The number of hydrazine groups is 1. The summed E-state index contributed by atoms with van der Waals surface area (Å²) in [5, 5.41) is 12.1. The van der Waals surface area contributed by atoms with Crippen molar-refractivity contribution in [2.75, 3.05) is 5.01 Å². The lowest BCUT2D eigenvalue weighted by atomic mass is 10.1. The number of aryl methyl sites for hydroxylation is 1. The van der Waals surface area contributed by atoms with Crippen molar-refractivity contribution in [2.24, 2.45) is 0 Å². The number of pyridine rings is 2. The molecule has 21 heavy (non-hydrogen) atoms. The van der Waals surface area contributed by atoms with Crippen LogP contribution in [0.3, 0.4) is 0 Å². The number of hydrogen-bond donors (Lipinski definition) is 2. The van der Waals surface area contributed by atoms with Crippen LogP contribution in [0.1, 0.15) is 11.1 Å². The van der Waals surface area contributed by atoms with Gasteiger partial charge in [0.15, 0.2) is 6.23 Å². The van der Waals surface area contributed by atoms with Crippen LogP contribution in [0.15, 0.2) is 47.5 Å². The molecule has 0 fully saturated rings.